The molecular weight excluding hydrogens is 188 g/mol. The Morgan fingerprint density at radius 1 is 1.20 bits per heavy atom. The highest BCUT2D eigenvalue weighted by molar-refractivity contribution is 6.02. The van der Waals surface area contributed by atoms with Crippen LogP contribution in [-0.2, 0) is 0 Å². The number of benzene rings is 1. The number of nitrogens with zero attached hydrogens (tertiary/aromatic N) is 1. The summed E-state index contributed by atoms with van der Waals surface area (Å²) in [4.78, 5) is 15.5. The zero-order chi connectivity index (χ0) is 10.5. The number of carbonyl (C=O) groups is 1. The highest BCUT2D eigenvalue weighted by Gasteiger charge is 2.05. The molecular formula is C12H9N2O. The summed E-state index contributed by atoms with van der Waals surface area (Å²) in [5.74, 6) is -0.213. The normalized spacial score (nSPS) is 9.60. The van der Waals surface area contributed by atoms with Crippen LogP contribution in [0.25, 0.3) is 0 Å². The molecule has 1 N–H and O–H groups in total. The first-order chi connectivity index (χ1) is 7.36. The lowest BCUT2D eigenvalue weighted by atomic mass is 10.3. The van der Waals surface area contributed by atoms with Gasteiger partial charge in [0.15, 0.2) is 0 Å². The molecule has 1 aromatic heterocycles. The maximum Gasteiger partial charge on any atom is 0.274 e. The highest BCUT2D eigenvalue weighted by Crippen LogP contribution is 2.06. The fraction of sp³-hybridized carbons (Fsp3) is 0. The van der Waals surface area contributed by atoms with Crippen molar-refractivity contribution < 1.29 is 4.79 Å². The van der Waals surface area contributed by atoms with Crippen molar-refractivity contribution >= 4 is 11.6 Å². The Labute approximate surface area is 87.8 Å². The van der Waals surface area contributed by atoms with E-state index in [-0.39, 0.29) is 5.91 Å². The van der Waals surface area contributed by atoms with Crippen LogP contribution in [0.4, 0.5) is 5.69 Å². The van der Waals surface area contributed by atoms with Gasteiger partial charge in [-0.25, -0.2) is 0 Å². The molecule has 0 bridgehead atoms. The van der Waals surface area contributed by atoms with Gasteiger partial charge in [-0.2, -0.15) is 0 Å². The van der Waals surface area contributed by atoms with Gasteiger partial charge in [-0.05, 0) is 18.2 Å². The molecule has 0 spiro atoms. The minimum atomic E-state index is -0.213. The molecule has 2 aromatic rings. The van der Waals surface area contributed by atoms with Crippen LogP contribution < -0.4 is 5.32 Å². The maximum atomic E-state index is 11.6. The van der Waals surface area contributed by atoms with Crippen molar-refractivity contribution in [2.24, 2.45) is 0 Å². The summed E-state index contributed by atoms with van der Waals surface area (Å²) < 4.78 is 0. The molecule has 0 saturated heterocycles. The first kappa shape index (κ1) is 9.40. The van der Waals surface area contributed by atoms with E-state index >= 15 is 0 Å². The second-order valence-electron chi connectivity index (χ2n) is 2.96. The molecule has 3 heteroatoms. The minimum Gasteiger partial charge on any atom is -0.321 e. The van der Waals surface area contributed by atoms with Crippen molar-refractivity contribution in [1.82, 2.24) is 4.98 Å². The van der Waals surface area contributed by atoms with E-state index in [1.54, 1.807) is 12.1 Å². The largest absolute Gasteiger partial charge is 0.321 e. The van der Waals surface area contributed by atoms with Crippen molar-refractivity contribution in [3.05, 3.63) is 60.4 Å². The lowest BCUT2D eigenvalue weighted by Crippen LogP contribution is -2.13. The van der Waals surface area contributed by atoms with Gasteiger partial charge in [0, 0.05) is 18.0 Å². The minimum absolute atomic E-state index is 0.213. The fourth-order valence-electron chi connectivity index (χ4n) is 1.17. The van der Waals surface area contributed by atoms with E-state index in [1.807, 2.05) is 30.3 Å². The molecule has 0 saturated carbocycles. The molecule has 2 rings (SSSR count). The van der Waals surface area contributed by atoms with Crippen molar-refractivity contribution in [3.63, 3.8) is 0 Å². The summed E-state index contributed by atoms with van der Waals surface area (Å²) in [5, 5.41) is 2.74. The number of carbonyl (C=O) groups excluding carboxylic acids is 1. The SMILES string of the molecule is O=C(Nc1ccccc1)c1cc[c]cn1. The van der Waals surface area contributed by atoms with Crippen LogP contribution in [0.15, 0.2) is 48.7 Å². The van der Waals surface area contributed by atoms with Crippen LogP contribution >= 0.6 is 0 Å². The van der Waals surface area contributed by atoms with Gasteiger partial charge in [-0.1, -0.05) is 24.3 Å². The quantitative estimate of drug-likeness (QED) is 0.801. The standard InChI is InChI=1S/C12H9N2O/c15-12(11-8-4-5-9-13-11)14-10-6-2-1-3-7-10/h1-4,6-9H,(H,14,15). The lowest BCUT2D eigenvalue weighted by Gasteiger charge is -2.03. The summed E-state index contributed by atoms with van der Waals surface area (Å²) in [6.45, 7) is 0. The average molecular weight is 197 g/mol. The molecule has 0 unspecified atom stereocenters. The number of rotatable bonds is 2. The van der Waals surface area contributed by atoms with Crippen molar-refractivity contribution in [3.8, 4) is 0 Å². The van der Waals surface area contributed by atoms with Crippen molar-refractivity contribution in [2.45, 2.75) is 0 Å². The molecule has 15 heavy (non-hydrogen) atoms. The molecule has 0 fully saturated rings. The molecule has 1 radical (unpaired) electrons. The highest BCUT2D eigenvalue weighted by atomic mass is 16.1. The Balaban J connectivity index is 2.12. The second kappa shape index (κ2) is 4.37. The van der Waals surface area contributed by atoms with E-state index in [0.717, 1.165) is 5.69 Å². The number of nitrogens with one attached hydrogen (secondary N) is 1. The number of anilines is 1. The number of aromatic nitrogens is 1. The topological polar surface area (TPSA) is 42.0 Å². The lowest BCUT2D eigenvalue weighted by molar-refractivity contribution is 0.102. The third kappa shape index (κ3) is 2.40. The molecule has 1 aromatic carbocycles. The molecule has 0 aliphatic carbocycles. The molecule has 0 atom stereocenters. The first-order valence-electron chi connectivity index (χ1n) is 4.55. The number of para-hydroxylation sites is 1. The second-order valence-corrected chi connectivity index (χ2v) is 2.96. The third-order valence-electron chi connectivity index (χ3n) is 1.88. The molecule has 1 amide bonds. The fourth-order valence-corrected chi connectivity index (χ4v) is 1.17. The number of pyridine rings is 1. The van der Waals surface area contributed by atoms with Crippen LogP contribution in [0.3, 0.4) is 0 Å². The van der Waals surface area contributed by atoms with Gasteiger partial charge in [0.25, 0.3) is 5.91 Å². The van der Waals surface area contributed by atoms with Crippen LogP contribution in [0, 0.1) is 6.07 Å². The molecule has 1 heterocycles. The van der Waals surface area contributed by atoms with E-state index in [0.29, 0.717) is 5.69 Å². The predicted octanol–water partition coefficient (Wildman–Crippen LogP) is 2.13. The van der Waals surface area contributed by atoms with Gasteiger partial charge in [0.2, 0.25) is 0 Å². The van der Waals surface area contributed by atoms with Gasteiger partial charge in [-0.3, -0.25) is 9.78 Å². The summed E-state index contributed by atoms with van der Waals surface area (Å²) in [6, 6.07) is 15.3. The van der Waals surface area contributed by atoms with Gasteiger partial charge in [0.1, 0.15) is 5.69 Å². The predicted molar refractivity (Wildman–Crippen MR) is 57.5 cm³/mol. The van der Waals surface area contributed by atoms with Gasteiger partial charge >= 0.3 is 0 Å². The Bertz CT molecular complexity index is 440. The number of hydrogen-bond acceptors (Lipinski definition) is 2. The van der Waals surface area contributed by atoms with Crippen molar-refractivity contribution in [1.29, 1.82) is 0 Å². The summed E-state index contributed by atoms with van der Waals surface area (Å²) in [6.07, 6.45) is 1.47. The van der Waals surface area contributed by atoms with Gasteiger partial charge in [-0.15, -0.1) is 0 Å². The Kier molecular flexibility index (Phi) is 2.74. The number of amides is 1. The molecule has 3 nitrogen and oxygen atoms in total. The maximum absolute atomic E-state index is 11.6. The summed E-state index contributed by atoms with van der Waals surface area (Å²) in [7, 11) is 0. The van der Waals surface area contributed by atoms with Crippen LogP contribution in [0.5, 0.6) is 0 Å². The molecule has 0 aliphatic heterocycles. The van der Waals surface area contributed by atoms with E-state index in [2.05, 4.69) is 16.4 Å². The Morgan fingerprint density at radius 3 is 2.67 bits per heavy atom. The molecule has 0 aliphatic rings. The van der Waals surface area contributed by atoms with E-state index in [9.17, 15) is 4.79 Å². The monoisotopic (exact) mass is 197 g/mol. The zero-order valence-electron chi connectivity index (χ0n) is 7.97. The van der Waals surface area contributed by atoms with E-state index in [4.69, 9.17) is 0 Å². The van der Waals surface area contributed by atoms with Gasteiger partial charge in [0.05, 0.1) is 0 Å². The number of hydrogen-bond donors (Lipinski definition) is 1. The Morgan fingerprint density at radius 2 is 2.00 bits per heavy atom. The summed E-state index contributed by atoms with van der Waals surface area (Å²) >= 11 is 0. The molecule has 73 valence electrons. The Hall–Kier alpha value is -2.16. The van der Waals surface area contributed by atoms with Crippen LogP contribution in [-0.4, -0.2) is 10.9 Å². The summed E-state index contributed by atoms with van der Waals surface area (Å²) in [5.41, 5.74) is 1.15. The van der Waals surface area contributed by atoms with E-state index < -0.39 is 0 Å². The average Bonchev–Trinajstić information content (AvgIpc) is 2.31. The third-order valence-corrected chi connectivity index (χ3v) is 1.88. The van der Waals surface area contributed by atoms with E-state index in [1.165, 1.54) is 6.20 Å². The smallest absolute Gasteiger partial charge is 0.274 e. The van der Waals surface area contributed by atoms with Crippen LogP contribution in [0.2, 0.25) is 0 Å². The van der Waals surface area contributed by atoms with Crippen molar-refractivity contribution in [2.75, 3.05) is 5.32 Å². The van der Waals surface area contributed by atoms with Gasteiger partial charge < -0.3 is 5.32 Å². The first-order valence-corrected chi connectivity index (χ1v) is 4.55. The van der Waals surface area contributed by atoms with Crippen LogP contribution in [0.1, 0.15) is 10.5 Å². The zero-order valence-corrected chi connectivity index (χ0v) is 7.97.